The molecule has 0 amide bonds. The van der Waals surface area contributed by atoms with Crippen molar-refractivity contribution in [2.24, 2.45) is 0 Å². The molecular weight excluding hydrogens is 236 g/mol. The van der Waals surface area contributed by atoms with Crippen LogP contribution in [0.2, 0.25) is 5.02 Å². The Kier molecular flexibility index (Phi) is 3.49. The Bertz CT molecular complexity index is 511. The quantitative estimate of drug-likeness (QED) is 0.909. The van der Waals surface area contributed by atoms with E-state index in [1.165, 1.54) is 0 Å². The zero-order valence-electron chi connectivity index (χ0n) is 9.48. The van der Waals surface area contributed by atoms with Gasteiger partial charge in [-0.15, -0.1) is 0 Å². The summed E-state index contributed by atoms with van der Waals surface area (Å²) in [5.74, 6) is 1.29. The van der Waals surface area contributed by atoms with Gasteiger partial charge in [-0.2, -0.15) is 0 Å². The van der Waals surface area contributed by atoms with Gasteiger partial charge in [0.05, 0.1) is 7.11 Å². The van der Waals surface area contributed by atoms with E-state index < -0.39 is 0 Å². The summed E-state index contributed by atoms with van der Waals surface area (Å²) in [6.07, 6.45) is 2.52. The SMILES string of the molecule is COc1cc(Cl)cc(Cc2ccc(N)nc2)c1. The normalized spacial score (nSPS) is 10.2. The molecule has 2 rings (SSSR count). The van der Waals surface area contributed by atoms with Crippen LogP contribution in [0.25, 0.3) is 0 Å². The second-order valence-corrected chi connectivity index (χ2v) is 4.20. The highest BCUT2D eigenvalue weighted by atomic mass is 35.5. The summed E-state index contributed by atoms with van der Waals surface area (Å²) in [5, 5.41) is 0.669. The van der Waals surface area contributed by atoms with Gasteiger partial charge in [-0.3, -0.25) is 0 Å². The van der Waals surface area contributed by atoms with Crippen molar-refractivity contribution in [3.63, 3.8) is 0 Å². The van der Waals surface area contributed by atoms with Crippen molar-refractivity contribution < 1.29 is 4.74 Å². The number of rotatable bonds is 3. The number of hydrogen-bond acceptors (Lipinski definition) is 3. The molecule has 1 aromatic heterocycles. The maximum atomic E-state index is 6.00. The van der Waals surface area contributed by atoms with E-state index >= 15 is 0 Å². The minimum absolute atomic E-state index is 0.525. The second kappa shape index (κ2) is 5.06. The van der Waals surface area contributed by atoms with Crippen LogP contribution in [-0.2, 0) is 6.42 Å². The van der Waals surface area contributed by atoms with E-state index in [0.717, 1.165) is 23.3 Å². The number of hydrogen-bond donors (Lipinski definition) is 1. The lowest BCUT2D eigenvalue weighted by Gasteiger charge is -2.06. The molecule has 0 saturated heterocycles. The fourth-order valence-electron chi connectivity index (χ4n) is 1.62. The molecule has 1 heterocycles. The van der Waals surface area contributed by atoms with E-state index in [2.05, 4.69) is 4.98 Å². The number of pyridine rings is 1. The van der Waals surface area contributed by atoms with Crippen LogP contribution >= 0.6 is 11.6 Å². The monoisotopic (exact) mass is 248 g/mol. The Hall–Kier alpha value is -1.74. The van der Waals surface area contributed by atoms with Crippen LogP contribution in [0.15, 0.2) is 36.5 Å². The van der Waals surface area contributed by atoms with Crippen molar-refractivity contribution in [2.45, 2.75) is 6.42 Å². The maximum absolute atomic E-state index is 6.00. The summed E-state index contributed by atoms with van der Waals surface area (Å²) in [5.41, 5.74) is 7.71. The maximum Gasteiger partial charge on any atom is 0.123 e. The first-order valence-electron chi connectivity index (χ1n) is 5.21. The highest BCUT2D eigenvalue weighted by Crippen LogP contribution is 2.22. The molecule has 0 unspecified atom stereocenters. The molecule has 0 aliphatic rings. The number of nitrogens with zero attached hydrogens (tertiary/aromatic N) is 1. The summed E-state index contributed by atoms with van der Waals surface area (Å²) in [6.45, 7) is 0. The molecule has 0 atom stereocenters. The highest BCUT2D eigenvalue weighted by Gasteiger charge is 2.02. The van der Waals surface area contributed by atoms with Gasteiger partial charge in [0.1, 0.15) is 11.6 Å². The molecule has 0 spiro atoms. The van der Waals surface area contributed by atoms with E-state index in [4.69, 9.17) is 22.1 Å². The number of aromatic nitrogens is 1. The van der Waals surface area contributed by atoms with Crippen LogP contribution in [0.1, 0.15) is 11.1 Å². The topological polar surface area (TPSA) is 48.1 Å². The standard InChI is InChI=1S/C13H13ClN2O/c1-17-12-6-10(5-11(14)7-12)4-9-2-3-13(15)16-8-9/h2-3,5-8H,4H2,1H3,(H2,15,16). The van der Waals surface area contributed by atoms with Crippen molar-refractivity contribution in [3.8, 4) is 5.75 Å². The average molecular weight is 249 g/mol. The average Bonchev–Trinajstić information content (AvgIpc) is 2.31. The van der Waals surface area contributed by atoms with E-state index in [9.17, 15) is 0 Å². The number of methoxy groups -OCH3 is 1. The van der Waals surface area contributed by atoms with Crippen LogP contribution in [0, 0.1) is 0 Å². The Morgan fingerprint density at radius 1 is 1.24 bits per heavy atom. The number of benzene rings is 1. The molecule has 17 heavy (non-hydrogen) atoms. The van der Waals surface area contributed by atoms with Gasteiger partial charge in [-0.05, 0) is 41.8 Å². The number of anilines is 1. The van der Waals surface area contributed by atoms with Crippen molar-refractivity contribution in [2.75, 3.05) is 12.8 Å². The molecule has 4 heteroatoms. The van der Waals surface area contributed by atoms with Gasteiger partial charge in [-0.25, -0.2) is 4.98 Å². The largest absolute Gasteiger partial charge is 0.497 e. The molecule has 0 aliphatic carbocycles. The van der Waals surface area contributed by atoms with Gasteiger partial charge in [0.25, 0.3) is 0 Å². The zero-order chi connectivity index (χ0) is 12.3. The first-order chi connectivity index (χ1) is 8.17. The highest BCUT2D eigenvalue weighted by molar-refractivity contribution is 6.30. The smallest absolute Gasteiger partial charge is 0.123 e. The summed E-state index contributed by atoms with van der Waals surface area (Å²) < 4.78 is 5.17. The Morgan fingerprint density at radius 3 is 2.71 bits per heavy atom. The lowest BCUT2D eigenvalue weighted by atomic mass is 10.1. The van der Waals surface area contributed by atoms with Crippen LogP contribution in [0.4, 0.5) is 5.82 Å². The molecule has 0 fully saturated rings. The Morgan fingerprint density at radius 2 is 2.06 bits per heavy atom. The summed E-state index contributed by atoms with van der Waals surface area (Å²) in [4.78, 5) is 4.05. The fourth-order valence-corrected chi connectivity index (χ4v) is 1.86. The zero-order valence-corrected chi connectivity index (χ0v) is 10.2. The van der Waals surface area contributed by atoms with E-state index in [1.54, 1.807) is 25.4 Å². The van der Waals surface area contributed by atoms with Crippen LogP contribution in [0.5, 0.6) is 5.75 Å². The molecule has 0 bridgehead atoms. The molecule has 88 valence electrons. The third-order valence-corrected chi connectivity index (χ3v) is 2.64. The number of nitrogens with two attached hydrogens (primary N) is 1. The summed E-state index contributed by atoms with van der Waals surface area (Å²) >= 11 is 6.00. The van der Waals surface area contributed by atoms with Crippen molar-refractivity contribution >= 4 is 17.4 Å². The molecule has 1 aromatic carbocycles. The minimum Gasteiger partial charge on any atom is -0.497 e. The van der Waals surface area contributed by atoms with Gasteiger partial charge < -0.3 is 10.5 Å². The van der Waals surface area contributed by atoms with Crippen molar-refractivity contribution in [1.29, 1.82) is 0 Å². The van der Waals surface area contributed by atoms with E-state index in [1.807, 2.05) is 18.2 Å². The number of nitrogen functional groups attached to an aromatic ring is 1. The first-order valence-corrected chi connectivity index (χ1v) is 5.59. The van der Waals surface area contributed by atoms with Gasteiger partial charge in [0, 0.05) is 11.2 Å². The second-order valence-electron chi connectivity index (χ2n) is 3.77. The fraction of sp³-hybridized carbons (Fsp3) is 0.154. The molecule has 2 aromatic rings. The molecule has 0 saturated carbocycles. The molecule has 2 N–H and O–H groups in total. The van der Waals surface area contributed by atoms with Gasteiger partial charge in [-0.1, -0.05) is 17.7 Å². The number of halogens is 1. The first kappa shape index (κ1) is 11.7. The lowest BCUT2D eigenvalue weighted by molar-refractivity contribution is 0.414. The van der Waals surface area contributed by atoms with Crippen LogP contribution in [0.3, 0.4) is 0 Å². The predicted octanol–water partition coefficient (Wildman–Crippen LogP) is 2.92. The van der Waals surface area contributed by atoms with Crippen molar-refractivity contribution in [3.05, 3.63) is 52.7 Å². The Balaban J connectivity index is 2.23. The van der Waals surface area contributed by atoms with Gasteiger partial charge in [0.2, 0.25) is 0 Å². The third kappa shape index (κ3) is 3.11. The summed E-state index contributed by atoms with van der Waals surface area (Å²) in [6, 6.07) is 9.40. The predicted molar refractivity (Wildman–Crippen MR) is 69.5 cm³/mol. The van der Waals surface area contributed by atoms with Gasteiger partial charge >= 0.3 is 0 Å². The molecule has 3 nitrogen and oxygen atoms in total. The lowest BCUT2D eigenvalue weighted by Crippen LogP contribution is -1.94. The van der Waals surface area contributed by atoms with Crippen LogP contribution < -0.4 is 10.5 Å². The summed E-state index contributed by atoms with van der Waals surface area (Å²) in [7, 11) is 1.63. The minimum atomic E-state index is 0.525. The van der Waals surface area contributed by atoms with E-state index in [0.29, 0.717) is 10.8 Å². The Labute approximate surface area is 105 Å². The third-order valence-electron chi connectivity index (χ3n) is 2.42. The molecule has 0 radical (unpaired) electrons. The molecule has 0 aliphatic heterocycles. The van der Waals surface area contributed by atoms with Crippen molar-refractivity contribution in [1.82, 2.24) is 4.98 Å². The number of ether oxygens (including phenoxy) is 1. The molecular formula is C13H13ClN2O. The van der Waals surface area contributed by atoms with Gasteiger partial charge in [0.15, 0.2) is 0 Å². The van der Waals surface area contributed by atoms with E-state index in [-0.39, 0.29) is 0 Å². The van der Waals surface area contributed by atoms with Crippen LogP contribution in [-0.4, -0.2) is 12.1 Å².